The van der Waals surface area contributed by atoms with E-state index in [1.807, 2.05) is 37.3 Å². The molecule has 1 rings (SSSR count). The zero-order valence-corrected chi connectivity index (χ0v) is 19.0. The molecule has 1 unspecified atom stereocenters. The second-order valence-corrected chi connectivity index (χ2v) is 5.44. The predicted molar refractivity (Wildman–Crippen MR) is 113 cm³/mol. The van der Waals surface area contributed by atoms with Crippen molar-refractivity contribution in [2.24, 2.45) is 16.1 Å². The molecule has 0 saturated carbocycles. The molecular formula is C19H31CoN6O4+. The van der Waals surface area contributed by atoms with Crippen LogP contribution in [-0.2, 0) is 16.8 Å². The Morgan fingerprint density at radius 2 is 1.37 bits per heavy atom. The van der Waals surface area contributed by atoms with E-state index in [0.29, 0.717) is 11.4 Å². The van der Waals surface area contributed by atoms with Crippen molar-refractivity contribution < 1.29 is 27.2 Å². The quantitative estimate of drug-likeness (QED) is 0.241. The molecule has 0 aliphatic rings. The van der Waals surface area contributed by atoms with Crippen molar-refractivity contribution in [3.63, 3.8) is 0 Å². The third-order valence-electron chi connectivity index (χ3n) is 3.15. The summed E-state index contributed by atoms with van der Waals surface area (Å²) in [5, 5.41) is 29.0. The van der Waals surface area contributed by atoms with Gasteiger partial charge < -0.3 is 5.73 Å². The molecule has 1 radical (unpaired) electrons. The number of nitriles is 1. The Hall–Kier alpha value is -2.75. The van der Waals surface area contributed by atoms with Gasteiger partial charge in [0.1, 0.15) is 11.4 Å². The summed E-state index contributed by atoms with van der Waals surface area (Å²) in [4.78, 5) is 19.3. The number of rotatable bonds is 5. The van der Waals surface area contributed by atoms with Gasteiger partial charge in [-0.2, -0.15) is 6.92 Å². The van der Waals surface area contributed by atoms with E-state index in [4.69, 9.17) is 21.4 Å². The molecule has 0 fully saturated rings. The molecule has 0 aromatic heterocycles. The first-order valence-electron chi connectivity index (χ1n) is 8.46. The van der Waals surface area contributed by atoms with Crippen LogP contribution in [0, 0.1) is 27.6 Å². The molecule has 10 nitrogen and oxygen atoms in total. The average Bonchev–Trinajstić information content (AvgIpc) is 2.78. The van der Waals surface area contributed by atoms with Gasteiger partial charge in [-0.25, -0.2) is 5.26 Å². The van der Waals surface area contributed by atoms with Gasteiger partial charge >= 0.3 is 16.8 Å². The van der Waals surface area contributed by atoms with Crippen molar-refractivity contribution in [3.05, 3.63) is 74.9 Å². The van der Waals surface area contributed by atoms with E-state index in [1.165, 1.54) is 25.8 Å². The molecule has 0 spiro atoms. The molecule has 1 aromatic carbocycles. The Bertz CT molecular complexity index is 643. The Kier molecular flexibility index (Phi) is 28.1. The van der Waals surface area contributed by atoms with Crippen LogP contribution in [0.15, 0.2) is 63.5 Å². The van der Waals surface area contributed by atoms with Gasteiger partial charge in [-0.05, 0) is 50.5 Å². The van der Waals surface area contributed by atoms with E-state index >= 15 is 0 Å². The summed E-state index contributed by atoms with van der Waals surface area (Å²) in [6, 6.07) is 12.0. The first-order chi connectivity index (χ1) is 13.7. The number of nitrogens with one attached hydrogen (secondary N) is 2. The predicted octanol–water partition coefficient (Wildman–Crippen LogP) is 4.40. The summed E-state index contributed by atoms with van der Waals surface area (Å²) in [5.74, 6) is 0. The molecule has 0 aliphatic heterocycles. The Labute approximate surface area is 188 Å². The first-order valence-corrected chi connectivity index (χ1v) is 8.46. The van der Waals surface area contributed by atoms with Crippen LogP contribution in [0.4, 0.5) is 0 Å². The van der Waals surface area contributed by atoms with Crippen molar-refractivity contribution in [3.8, 4) is 6.07 Å². The van der Waals surface area contributed by atoms with Gasteiger partial charge in [0.2, 0.25) is 0 Å². The summed E-state index contributed by atoms with van der Waals surface area (Å²) in [6.07, 6.45) is 1.43. The van der Waals surface area contributed by atoms with Crippen LogP contribution in [0.1, 0.15) is 53.1 Å². The summed E-state index contributed by atoms with van der Waals surface area (Å²) in [5.41, 5.74) is 11.7. The van der Waals surface area contributed by atoms with Crippen molar-refractivity contribution >= 4 is 0 Å². The number of benzene rings is 1. The Morgan fingerprint density at radius 3 is 1.50 bits per heavy atom. The standard InChI is InChI=1S/C8H11N.2C4H8N2O2.C3H4N.Co/c1-7(9)8-5-3-2-4-6-8;2*1-3(5-7)4(2)6-8;1-2-3-4;/h2-7H,9H2,1H3;2*5,7H,1-2H3;2H,1H3;/q;;;-1;+2. The van der Waals surface area contributed by atoms with Gasteiger partial charge in [0, 0.05) is 6.04 Å². The molecule has 0 bridgehead atoms. The van der Waals surface area contributed by atoms with E-state index < -0.39 is 0 Å². The van der Waals surface area contributed by atoms with E-state index in [9.17, 15) is 9.81 Å². The van der Waals surface area contributed by atoms with Crippen LogP contribution in [-0.4, -0.2) is 10.4 Å². The number of hydrogen-bond donors (Lipinski definition) is 5. The van der Waals surface area contributed by atoms with Gasteiger partial charge in [-0.3, -0.25) is 27.8 Å². The van der Waals surface area contributed by atoms with Gasteiger partial charge in [0.05, 0.1) is 11.4 Å². The fourth-order valence-corrected chi connectivity index (χ4v) is 1.06. The van der Waals surface area contributed by atoms with Crippen LogP contribution < -0.4 is 16.7 Å². The van der Waals surface area contributed by atoms with Crippen LogP contribution in [0.5, 0.6) is 0 Å². The maximum absolute atomic E-state index is 9.65. The topological polar surface area (TPSA) is 173 Å². The molecule has 0 amide bonds. The van der Waals surface area contributed by atoms with Gasteiger partial charge in [0.25, 0.3) is 0 Å². The fraction of sp³-hybridized carbons (Fsp3) is 0.368. The number of hydroxylamine groups is 2. The normalized spacial score (nSPS) is 11.1. The number of nitrogens with two attached hydrogens (primary N) is 1. The second-order valence-electron chi connectivity index (χ2n) is 5.44. The Morgan fingerprint density at radius 1 is 1.03 bits per heavy atom. The molecular weight excluding hydrogens is 435 g/mol. The van der Waals surface area contributed by atoms with Crippen molar-refractivity contribution in [1.82, 2.24) is 11.0 Å². The zero-order chi connectivity index (χ0) is 23.2. The molecule has 6 N–H and O–H groups in total. The van der Waals surface area contributed by atoms with Crippen molar-refractivity contribution in [1.29, 1.82) is 5.26 Å². The summed E-state index contributed by atoms with van der Waals surface area (Å²) >= 11 is 0. The number of allylic oxidation sites excluding steroid dienone is 4. The molecule has 11 heteroatoms. The van der Waals surface area contributed by atoms with Gasteiger partial charge in [-0.1, -0.05) is 30.3 Å². The smallest absolute Gasteiger partial charge is 0.324 e. The molecule has 0 heterocycles. The van der Waals surface area contributed by atoms with Gasteiger partial charge in [0.15, 0.2) is 0 Å². The molecule has 1 aromatic rings. The van der Waals surface area contributed by atoms with E-state index in [0.717, 1.165) is 0 Å². The summed E-state index contributed by atoms with van der Waals surface area (Å²) in [7, 11) is 0. The number of nitroso groups, excluding NO2 is 2. The first kappa shape index (κ1) is 34.7. The summed E-state index contributed by atoms with van der Waals surface area (Å²) in [6.45, 7) is 9.79. The van der Waals surface area contributed by atoms with Gasteiger partial charge in [-0.15, -0.1) is 15.9 Å². The van der Waals surface area contributed by atoms with Crippen LogP contribution >= 0.6 is 0 Å². The van der Waals surface area contributed by atoms with Crippen molar-refractivity contribution in [2.45, 2.75) is 47.6 Å². The van der Waals surface area contributed by atoms with E-state index in [2.05, 4.69) is 10.4 Å². The molecule has 1 atom stereocenters. The molecule has 0 aliphatic carbocycles. The number of nitrogens with zero attached hydrogens (tertiary/aromatic N) is 3. The maximum atomic E-state index is 9.65. The van der Waals surface area contributed by atoms with E-state index in [-0.39, 0.29) is 34.2 Å². The monoisotopic (exact) mass is 466 g/mol. The minimum Gasteiger partial charge on any atom is -0.324 e. The maximum Gasteiger partial charge on any atom is 2.00 e. The molecule has 169 valence electrons. The number of hydrogen-bond acceptors (Lipinski definition) is 10. The Balaban J connectivity index is -0.000000153. The SMILES string of the molecule is CC(N)c1ccccc1.CC(N=O)=C(C)NO.CC(N=O)=C(C)NO.C[CH-]C#N.[Co+2]. The van der Waals surface area contributed by atoms with E-state index in [1.54, 1.807) is 37.8 Å². The average molecular weight is 466 g/mol. The zero-order valence-electron chi connectivity index (χ0n) is 18.0. The van der Waals surface area contributed by atoms with Crippen LogP contribution in [0.25, 0.3) is 0 Å². The summed E-state index contributed by atoms with van der Waals surface area (Å²) < 4.78 is 0. The third kappa shape index (κ3) is 21.5. The largest absolute Gasteiger partial charge is 2.00 e. The minimum atomic E-state index is 0. The fourth-order valence-electron chi connectivity index (χ4n) is 1.06. The third-order valence-corrected chi connectivity index (χ3v) is 3.15. The van der Waals surface area contributed by atoms with Crippen LogP contribution in [0.2, 0.25) is 0 Å². The second kappa shape index (κ2) is 24.3. The minimum absolute atomic E-state index is 0. The molecule has 0 saturated heterocycles. The molecule has 30 heavy (non-hydrogen) atoms. The van der Waals surface area contributed by atoms with Crippen LogP contribution in [0.3, 0.4) is 0 Å². The van der Waals surface area contributed by atoms with Crippen molar-refractivity contribution in [2.75, 3.05) is 0 Å².